The van der Waals surface area contributed by atoms with Crippen LogP contribution < -0.4 is 10.4 Å². The summed E-state index contributed by atoms with van der Waals surface area (Å²) in [5.74, 6) is -1.22. The summed E-state index contributed by atoms with van der Waals surface area (Å²) in [6, 6.07) is 15.4. The first-order valence-corrected chi connectivity index (χ1v) is 8.69. The van der Waals surface area contributed by atoms with E-state index in [1.807, 2.05) is 24.3 Å². The molecule has 26 heavy (non-hydrogen) atoms. The van der Waals surface area contributed by atoms with Gasteiger partial charge in [-0.25, -0.2) is 4.79 Å². The number of aliphatic carboxylic acids is 1. The van der Waals surface area contributed by atoms with Crippen molar-refractivity contribution in [1.82, 2.24) is 10.2 Å². The Balaban J connectivity index is 1.48. The molecule has 1 heterocycles. The number of fused-ring (bicyclic) bond motifs is 3. The standard InChI is InChI=1S/C20H20N2O4/c23-19(24)18-11-22(10-9-21-18)20(25)26-12-17-15-7-3-1-5-13(15)14-6-2-4-8-16(14)17/h1-8,17-18,21H,9-12H2,(H,23,24)/p-1/t18-/m0/s1. The number of hydrogen-bond donors (Lipinski definition) is 1. The summed E-state index contributed by atoms with van der Waals surface area (Å²) in [6.07, 6.45) is -0.486. The maximum absolute atomic E-state index is 12.4. The van der Waals surface area contributed by atoms with Crippen LogP contribution in [0.4, 0.5) is 4.79 Å². The molecule has 0 saturated carbocycles. The first kappa shape index (κ1) is 16.6. The predicted molar refractivity (Wildman–Crippen MR) is 93.4 cm³/mol. The molecule has 2 aromatic rings. The van der Waals surface area contributed by atoms with Crippen molar-refractivity contribution in [1.29, 1.82) is 0 Å². The summed E-state index contributed by atoms with van der Waals surface area (Å²) >= 11 is 0. The fourth-order valence-corrected chi connectivity index (χ4v) is 3.76. The Morgan fingerprint density at radius 2 is 1.69 bits per heavy atom. The summed E-state index contributed by atoms with van der Waals surface area (Å²) in [4.78, 5) is 24.8. The Kier molecular flexibility index (Phi) is 4.34. The molecule has 0 unspecified atom stereocenters. The third kappa shape index (κ3) is 2.93. The van der Waals surface area contributed by atoms with Crippen LogP contribution in [0.3, 0.4) is 0 Å². The predicted octanol–water partition coefficient (Wildman–Crippen LogP) is 0.959. The molecular weight excluding hydrogens is 332 g/mol. The van der Waals surface area contributed by atoms with Crippen LogP contribution in [0.15, 0.2) is 48.5 Å². The second-order valence-electron chi connectivity index (χ2n) is 6.58. The monoisotopic (exact) mass is 351 g/mol. The highest BCUT2D eigenvalue weighted by Gasteiger charge is 2.30. The molecule has 4 rings (SSSR count). The van der Waals surface area contributed by atoms with Gasteiger partial charge in [-0.3, -0.25) is 0 Å². The largest absolute Gasteiger partial charge is 0.548 e. The van der Waals surface area contributed by atoms with E-state index in [1.165, 1.54) is 16.0 Å². The number of amides is 1. The van der Waals surface area contributed by atoms with E-state index in [0.717, 1.165) is 11.1 Å². The van der Waals surface area contributed by atoms with Crippen molar-refractivity contribution in [3.05, 3.63) is 59.7 Å². The molecule has 6 heteroatoms. The van der Waals surface area contributed by atoms with Crippen molar-refractivity contribution in [2.24, 2.45) is 0 Å². The van der Waals surface area contributed by atoms with E-state index in [2.05, 4.69) is 29.6 Å². The van der Waals surface area contributed by atoms with E-state index in [9.17, 15) is 14.7 Å². The molecule has 0 aromatic heterocycles. The van der Waals surface area contributed by atoms with Crippen molar-refractivity contribution in [3.63, 3.8) is 0 Å². The number of carboxylic acids is 1. The van der Waals surface area contributed by atoms with E-state index in [0.29, 0.717) is 13.1 Å². The quantitative estimate of drug-likeness (QED) is 0.891. The minimum Gasteiger partial charge on any atom is -0.548 e. The van der Waals surface area contributed by atoms with Crippen LogP contribution in [0.5, 0.6) is 0 Å². The number of nitrogens with one attached hydrogen (secondary N) is 1. The van der Waals surface area contributed by atoms with Crippen LogP contribution in [-0.2, 0) is 9.53 Å². The van der Waals surface area contributed by atoms with Gasteiger partial charge in [0, 0.05) is 25.6 Å². The number of carboxylic acid groups (broad SMARTS) is 1. The number of carbonyl (C=O) groups excluding carboxylic acids is 2. The van der Waals surface area contributed by atoms with Crippen molar-refractivity contribution in [2.45, 2.75) is 12.0 Å². The molecule has 0 bridgehead atoms. The number of hydrogen-bond acceptors (Lipinski definition) is 5. The molecule has 6 nitrogen and oxygen atoms in total. The zero-order valence-corrected chi connectivity index (χ0v) is 14.2. The van der Waals surface area contributed by atoms with Crippen molar-refractivity contribution >= 4 is 12.1 Å². The lowest BCUT2D eigenvalue weighted by Crippen LogP contribution is -2.59. The fraction of sp³-hybridized carbons (Fsp3) is 0.300. The minimum absolute atomic E-state index is 0.00815. The first-order valence-electron chi connectivity index (χ1n) is 8.69. The van der Waals surface area contributed by atoms with E-state index in [-0.39, 0.29) is 19.1 Å². The number of piperazine rings is 1. The number of benzene rings is 2. The normalized spacial score (nSPS) is 18.9. The molecule has 1 fully saturated rings. The molecule has 1 aliphatic carbocycles. The molecule has 0 radical (unpaired) electrons. The van der Waals surface area contributed by atoms with Crippen molar-refractivity contribution in [3.8, 4) is 11.1 Å². The highest BCUT2D eigenvalue weighted by Crippen LogP contribution is 2.44. The first-order chi connectivity index (χ1) is 12.6. The van der Waals surface area contributed by atoms with Crippen LogP contribution in [0.25, 0.3) is 11.1 Å². The fourth-order valence-electron chi connectivity index (χ4n) is 3.76. The minimum atomic E-state index is -1.21. The zero-order chi connectivity index (χ0) is 18.1. The third-order valence-corrected chi connectivity index (χ3v) is 5.05. The van der Waals surface area contributed by atoms with Gasteiger partial charge in [0.1, 0.15) is 6.61 Å². The Bertz CT molecular complexity index is 806. The van der Waals surface area contributed by atoms with Gasteiger partial charge in [0.2, 0.25) is 0 Å². The molecule has 1 amide bonds. The van der Waals surface area contributed by atoms with E-state index in [4.69, 9.17) is 4.74 Å². The molecule has 134 valence electrons. The molecule has 1 atom stereocenters. The lowest BCUT2D eigenvalue weighted by Gasteiger charge is -2.33. The van der Waals surface area contributed by atoms with Gasteiger partial charge in [0.15, 0.2) is 0 Å². The van der Waals surface area contributed by atoms with Crippen molar-refractivity contribution < 1.29 is 19.4 Å². The van der Waals surface area contributed by atoms with Gasteiger partial charge in [-0.15, -0.1) is 0 Å². The molecular formula is C20H19N2O4-. The lowest BCUT2D eigenvalue weighted by atomic mass is 9.98. The summed E-state index contributed by atoms with van der Waals surface area (Å²) in [5.41, 5.74) is 4.63. The van der Waals surface area contributed by atoms with Crippen LogP contribution >= 0.6 is 0 Å². The number of carbonyl (C=O) groups is 2. The molecule has 2 aliphatic rings. The highest BCUT2D eigenvalue weighted by atomic mass is 16.6. The van der Waals surface area contributed by atoms with Gasteiger partial charge in [0.25, 0.3) is 0 Å². The Labute approximate surface area is 151 Å². The number of rotatable bonds is 3. The maximum atomic E-state index is 12.4. The molecule has 1 N–H and O–H groups in total. The average Bonchev–Trinajstić information content (AvgIpc) is 3.00. The van der Waals surface area contributed by atoms with E-state index < -0.39 is 18.1 Å². The van der Waals surface area contributed by atoms with Gasteiger partial charge in [-0.05, 0) is 22.3 Å². The number of nitrogens with zero attached hydrogens (tertiary/aromatic N) is 1. The molecule has 1 aliphatic heterocycles. The van der Waals surface area contributed by atoms with E-state index >= 15 is 0 Å². The lowest BCUT2D eigenvalue weighted by molar-refractivity contribution is -0.309. The van der Waals surface area contributed by atoms with Crippen molar-refractivity contribution in [2.75, 3.05) is 26.2 Å². The summed E-state index contributed by atoms with van der Waals surface area (Å²) < 4.78 is 5.55. The van der Waals surface area contributed by atoms with Gasteiger partial charge >= 0.3 is 6.09 Å². The average molecular weight is 351 g/mol. The smallest absolute Gasteiger partial charge is 0.409 e. The van der Waals surface area contributed by atoms with Gasteiger partial charge in [-0.2, -0.15) is 0 Å². The Morgan fingerprint density at radius 3 is 2.31 bits per heavy atom. The topological polar surface area (TPSA) is 81.7 Å². The SMILES string of the molecule is O=C([O-])[C@@H]1CN(C(=O)OCC2c3ccccc3-c3ccccc32)CCN1. The van der Waals surface area contributed by atoms with Gasteiger partial charge < -0.3 is 24.9 Å². The summed E-state index contributed by atoms with van der Waals surface area (Å²) in [7, 11) is 0. The zero-order valence-electron chi connectivity index (χ0n) is 14.2. The second kappa shape index (κ2) is 6.80. The molecule has 2 aromatic carbocycles. The van der Waals surface area contributed by atoms with Crippen LogP contribution in [-0.4, -0.2) is 49.2 Å². The number of ether oxygens (including phenoxy) is 1. The van der Waals surface area contributed by atoms with Gasteiger partial charge in [0.05, 0.1) is 12.0 Å². The molecule has 1 saturated heterocycles. The Hall–Kier alpha value is -2.86. The molecule has 0 spiro atoms. The van der Waals surface area contributed by atoms with Crippen LogP contribution in [0.1, 0.15) is 17.0 Å². The maximum Gasteiger partial charge on any atom is 0.409 e. The van der Waals surface area contributed by atoms with E-state index in [1.54, 1.807) is 0 Å². The third-order valence-electron chi connectivity index (χ3n) is 5.05. The summed E-state index contributed by atoms with van der Waals surface area (Å²) in [6.45, 7) is 1.11. The highest BCUT2D eigenvalue weighted by molar-refractivity contribution is 5.79. The van der Waals surface area contributed by atoms with Crippen LogP contribution in [0, 0.1) is 0 Å². The van der Waals surface area contributed by atoms with Crippen LogP contribution in [0.2, 0.25) is 0 Å². The Morgan fingerprint density at radius 1 is 1.08 bits per heavy atom. The second-order valence-corrected chi connectivity index (χ2v) is 6.58. The summed E-state index contributed by atoms with van der Waals surface area (Å²) in [5, 5.41) is 13.8. The van der Waals surface area contributed by atoms with Gasteiger partial charge in [-0.1, -0.05) is 48.5 Å².